The lowest BCUT2D eigenvalue weighted by Gasteiger charge is -2.28. The Morgan fingerprint density at radius 1 is 1.35 bits per heavy atom. The van der Waals surface area contributed by atoms with Crippen LogP contribution in [0, 0.1) is 12.7 Å². The average molecular weight is 317 g/mol. The summed E-state index contributed by atoms with van der Waals surface area (Å²) in [5.41, 5.74) is 1.15. The Morgan fingerprint density at radius 2 is 2.09 bits per heavy atom. The molecule has 0 fully saturated rings. The summed E-state index contributed by atoms with van der Waals surface area (Å²) in [7, 11) is 0. The zero-order valence-electron chi connectivity index (χ0n) is 12.6. The molecule has 0 radical (unpaired) electrons. The van der Waals surface area contributed by atoms with Crippen LogP contribution in [0.25, 0.3) is 0 Å². The van der Waals surface area contributed by atoms with Crippen LogP contribution in [0.3, 0.4) is 0 Å². The van der Waals surface area contributed by atoms with Crippen molar-refractivity contribution in [2.45, 2.75) is 19.9 Å². The van der Waals surface area contributed by atoms with E-state index in [2.05, 4.69) is 5.10 Å². The van der Waals surface area contributed by atoms with Gasteiger partial charge in [0, 0.05) is 18.7 Å². The summed E-state index contributed by atoms with van der Waals surface area (Å²) in [5, 5.41) is 13.1. The highest BCUT2D eigenvalue weighted by Gasteiger charge is 2.31. The number of rotatable bonds is 4. The van der Waals surface area contributed by atoms with Crippen molar-refractivity contribution in [2.75, 3.05) is 13.1 Å². The summed E-state index contributed by atoms with van der Waals surface area (Å²) in [6.07, 6.45) is 0.414. The maximum Gasteiger partial charge on any atom is 0.356 e. The van der Waals surface area contributed by atoms with Gasteiger partial charge in [-0.05, 0) is 25.0 Å². The standard InChI is InChI=1S/C16H16FN3O3/c1-10-13(16(22)23)18-20-9-8-19(15(21)14(10)20)7-6-11-4-2-3-5-12(11)17/h2-5H,6-9H2,1H3,(H,22,23). The minimum Gasteiger partial charge on any atom is -0.476 e. The van der Waals surface area contributed by atoms with E-state index in [1.165, 1.54) is 10.7 Å². The Hall–Kier alpha value is -2.70. The first-order valence-electron chi connectivity index (χ1n) is 7.32. The first-order chi connectivity index (χ1) is 11.0. The van der Waals surface area contributed by atoms with E-state index >= 15 is 0 Å². The number of aromatic carboxylic acids is 1. The third kappa shape index (κ3) is 2.69. The fraction of sp³-hybridized carbons (Fsp3) is 0.312. The molecular weight excluding hydrogens is 301 g/mol. The normalized spacial score (nSPS) is 14.0. The number of fused-ring (bicyclic) bond motifs is 1. The highest BCUT2D eigenvalue weighted by atomic mass is 19.1. The summed E-state index contributed by atoms with van der Waals surface area (Å²) in [4.78, 5) is 25.3. The maximum absolute atomic E-state index is 13.7. The molecule has 7 heteroatoms. The van der Waals surface area contributed by atoms with Crippen molar-refractivity contribution in [1.29, 1.82) is 0 Å². The molecule has 0 unspecified atom stereocenters. The number of amides is 1. The van der Waals surface area contributed by atoms with Crippen LogP contribution in [0.5, 0.6) is 0 Å². The van der Waals surface area contributed by atoms with E-state index < -0.39 is 5.97 Å². The van der Waals surface area contributed by atoms with Crippen molar-refractivity contribution in [3.05, 3.63) is 52.6 Å². The predicted octanol–water partition coefficient (Wildman–Crippen LogP) is 1.73. The second-order valence-corrected chi connectivity index (χ2v) is 5.48. The number of carboxylic acid groups (broad SMARTS) is 1. The average Bonchev–Trinajstić information content (AvgIpc) is 2.86. The van der Waals surface area contributed by atoms with Crippen LogP contribution >= 0.6 is 0 Å². The molecule has 1 N–H and O–H groups in total. The van der Waals surface area contributed by atoms with Crippen LogP contribution in [0.15, 0.2) is 24.3 Å². The molecule has 6 nitrogen and oxygen atoms in total. The van der Waals surface area contributed by atoms with Crippen LogP contribution in [-0.4, -0.2) is 44.8 Å². The summed E-state index contributed by atoms with van der Waals surface area (Å²) in [5.74, 6) is -1.69. The molecule has 0 saturated heterocycles. The van der Waals surface area contributed by atoms with Crippen molar-refractivity contribution in [3.8, 4) is 0 Å². The molecule has 1 aliphatic rings. The molecule has 1 aliphatic heterocycles. The van der Waals surface area contributed by atoms with E-state index in [0.29, 0.717) is 42.9 Å². The zero-order valence-corrected chi connectivity index (χ0v) is 12.6. The van der Waals surface area contributed by atoms with Crippen molar-refractivity contribution in [3.63, 3.8) is 0 Å². The van der Waals surface area contributed by atoms with Gasteiger partial charge in [-0.3, -0.25) is 9.48 Å². The van der Waals surface area contributed by atoms with E-state index in [9.17, 15) is 14.0 Å². The van der Waals surface area contributed by atoms with Crippen LogP contribution in [-0.2, 0) is 13.0 Å². The largest absolute Gasteiger partial charge is 0.476 e. The lowest BCUT2D eigenvalue weighted by molar-refractivity contribution is 0.0678. The molecule has 0 atom stereocenters. The lowest BCUT2D eigenvalue weighted by Crippen LogP contribution is -2.41. The van der Waals surface area contributed by atoms with Gasteiger partial charge in [0.1, 0.15) is 11.5 Å². The maximum atomic E-state index is 13.7. The first kappa shape index (κ1) is 15.2. The molecule has 0 spiro atoms. The van der Waals surface area contributed by atoms with Crippen LogP contribution in [0.2, 0.25) is 0 Å². The topological polar surface area (TPSA) is 75.4 Å². The van der Waals surface area contributed by atoms with Gasteiger partial charge in [-0.15, -0.1) is 0 Å². The number of carboxylic acids is 1. The smallest absolute Gasteiger partial charge is 0.356 e. The summed E-state index contributed by atoms with van der Waals surface area (Å²) in [6, 6.07) is 6.47. The van der Waals surface area contributed by atoms with Gasteiger partial charge in [0.2, 0.25) is 0 Å². The van der Waals surface area contributed by atoms with E-state index in [1.807, 2.05) is 0 Å². The Balaban J connectivity index is 1.79. The summed E-state index contributed by atoms with van der Waals surface area (Å²) >= 11 is 0. The molecule has 0 aliphatic carbocycles. The van der Waals surface area contributed by atoms with Gasteiger partial charge in [-0.2, -0.15) is 5.10 Å². The Morgan fingerprint density at radius 3 is 2.78 bits per heavy atom. The van der Waals surface area contributed by atoms with Gasteiger partial charge in [0.15, 0.2) is 5.69 Å². The van der Waals surface area contributed by atoms with Gasteiger partial charge < -0.3 is 10.0 Å². The molecule has 0 saturated carbocycles. The van der Waals surface area contributed by atoms with Gasteiger partial charge in [0.25, 0.3) is 5.91 Å². The molecule has 2 aromatic rings. The molecule has 23 heavy (non-hydrogen) atoms. The third-order valence-corrected chi connectivity index (χ3v) is 4.07. The highest BCUT2D eigenvalue weighted by molar-refractivity contribution is 5.98. The van der Waals surface area contributed by atoms with E-state index in [1.54, 1.807) is 30.0 Å². The van der Waals surface area contributed by atoms with Gasteiger partial charge in [-0.1, -0.05) is 18.2 Å². The van der Waals surface area contributed by atoms with Gasteiger partial charge in [0.05, 0.1) is 6.54 Å². The number of benzene rings is 1. The monoisotopic (exact) mass is 317 g/mol. The molecule has 2 heterocycles. The highest BCUT2D eigenvalue weighted by Crippen LogP contribution is 2.20. The number of carbonyl (C=O) groups is 2. The van der Waals surface area contributed by atoms with Gasteiger partial charge in [-0.25, -0.2) is 9.18 Å². The fourth-order valence-electron chi connectivity index (χ4n) is 2.82. The van der Waals surface area contributed by atoms with E-state index in [4.69, 9.17) is 5.11 Å². The Labute approximate surface area is 132 Å². The molecule has 0 bridgehead atoms. The minimum absolute atomic E-state index is 0.0932. The van der Waals surface area contributed by atoms with Crippen molar-refractivity contribution in [1.82, 2.24) is 14.7 Å². The number of halogens is 1. The van der Waals surface area contributed by atoms with E-state index in [0.717, 1.165) is 0 Å². The van der Waals surface area contributed by atoms with Crippen LogP contribution < -0.4 is 0 Å². The van der Waals surface area contributed by atoms with Crippen LogP contribution in [0.1, 0.15) is 32.1 Å². The number of carbonyl (C=O) groups excluding carboxylic acids is 1. The third-order valence-electron chi connectivity index (χ3n) is 4.07. The second-order valence-electron chi connectivity index (χ2n) is 5.48. The molecule has 120 valence electrons. The fourth-order valence-corrected chi connectivity index (χ4v) is 2.82. The molecule has 1 aromatic carbocycles. The van der Waals surface area contributed by atoms with Crippen molar-refractivity contribution >= 4 is 11.9 Å². The minimum atomic E-state index is -1.14. The Kier molecular flexibility index (Phi) is 3.85. The zero-order chi connectivity index (χ0) is 16.6. The number of hydrogen-bond donors (Lipinski definition) is 1. The molecule has 1 aromatic heterocycles. The SMILES string of the molecule is Cc1c(C(=O)O)nn2c1C(=O)N(CCc1ccccc1F)CC2. The Bertz CT molecular complexity index is 785. The number of nitrogens with zero attached hydrogens (tertiary/aromatic N) is 3. The summed E-state index contributed by atoms with van der Waals surface area (Å²) < 4.78 is 15.1. The van der Waals surface area contributed by atoms with Crippen molar-refractivity contribution < 1.29 is 19.1 Å². The first-order valence-corrected chi connectivity index (χ1v) is 7.32. The molecule has 3 rings (SSSR count). The van der Waals surface area contributed by atoms with E-state index in [-0.39, 0.29) is 17.4 Å². The quantitative estimate of drug-likeness (QED) is 0.932. The number of hydrogen-bond acceptors (Lipinski definition) is 3. The van der Waals surface area contributed by atoms with Crippen LogP contribution in [0.4, 0.5) is 4.39 Å². The number of aromatic nitrogens is 2. The van der Waals surface area contributed by atoms with Crippen molar-refractivity contribution in [2.24, 2.45) is 0 Å². The lowest BCUT2D eigenvalue weighted by atomic mass is 10.1. The second kappa shape index (κ2) is 5.83. The molecular formula is C16H16FN3O3. The summed E-state index contributed by atoms with van der Waals surface area (Å²) in [6.45, 7) is 2.83. The van der Waals surface area contributed by atoms with Gasteiger partial charge >= 0.3 is 5.97 Å². The predicted molar refractivity (Wildman–Crippen MR) is 79.9 cm³/mol. The molecule has 1 amide bonds.